The molecule has 26 heavy (non-hydrogen) atoms. The molecule has 6 nitrogen and oxygen atoms in total. The van der Waals surface area contributed by atoms with Crippen LogP contribution in [0.5, 0.6) is 5.75 Å². The summed E-state index contributed by atoms with van der Waals surface area (Å²) in [6.07, 6.45) is 1.63. The first-order valence-corrected chi connectivity index (χ1v) is 8.78. The third kappa shape index (κ3) is 3.70. The maximum absolute atomic E-state index is 11.9. The minimum Gasteiger partial charge on any atom is -0.488 e. The first kappa shape index (κ1) is 17.9. The molecule has 0 aromatic heterocycles. The number of nitriles is 1. The lowest BCUT2D eigenvalue weighted by molar-refractivity contribution is -0.121. The Morgan fingerprint density at radius 3 is 2.69 bits per heavy atom. The Bertz CT molecular complexity index is 963. The van der Waals surface area contributed by atoms with Crippen LogP contribution >= 0.6 is 22.6 Å². The van der Waals surface area contributed by atoms with Crippen LogP contribution in [0.15, 0.2) is 48.2 Å². The highest BCUT2D eigenvalue weighted by Crippen LogP contribution is 2.25. The van der Waals surface area contributed by atoms with Crippen LogP contribution in [0.4, 0.5) is 4.79 Å². The zero-order chi connectivity index (χ0) is 18.7. The van der Waals surface area contributed by atoms with E-state index in [0.717, 1.165) is 19.6 Å². The molecule has 2 aromatic carbocycles. The van der Waals surface area contributed by atoms with Crippen molar-refractivity contribution in [2.45, 2.75) is 6.61 Å². The summed E-state index contributed by atoms with van der Waals surface area (Å²) in [5, 5.41) is 11.7. The van der Waals surface area contributed by atoms with Crippen molar-refractivity contribution < 1.29 is 14.3 Å². The molecule has 3 rings (SSSR count). The molecule has 0 saturated carbocycles. The van der Waals surface area contributed by atoms with Gasteiger partial charge in [-0.25, -0.2) is 4.79 Å². The van der Waals surface area contributed by atoms with Gasteiger partial charge in [0.2, 0.25) is 0 Å². The van der Waals surface area contributed by atoms with Gasteiger partial charge < -0.3 is 10.1 Å². The lowest BCUT2D eigenvalue weighted by Gasteiger charge is -2.10. The number of carbonyl (C=O) groups excluding carboxylic acids is 2. The van der Waals surface area contributed by atoms with Gasteiger partial charge in [-0.05, 0) is 52.4 Å². The van der Waals surface area contributed by atoms with Gasteiger partial charge in [-0.2, -0.15) is 5.26 Å². The molecule has 0 spiro atoms. The Labute approximate surface area is 164 Å². The second-order valence-electron chi connectivity index (χ2n) is 5.60. The van der Waals surface area contributed by atoms with Crippen molar-refractivity contribution in [3.05, 3.63) is 68.4 Å². The Morgan fingerprint density at radius 1 is 1.27 bits per heavy atom. The molecular weight excluding hydrogens is 445 g/mol. The number of nitrogens with one attached hydrogen (secondary N) is 1. The Hall–Kier alpha value is -2.86. The van der Waals surface area contributed by atoms with Gasteiger partial charge in [-0.3, -0.25) is 9.69 Å². The van der Waals surface area contributed by atoms with E-state index in [2.05, 4.69) is 34.0 Å². The molecule has 130 valence electrons. The molecule has 7 heteroatoms. The van der Waals surface area contributed by atoms with Gasteiger partial charge in [0.1, 0.15) is 18.1 Å². The lowest BCUT2D eigenvalue weighted by Crippen LogP contribution is -2.25. The van der Waals surface area contributed by atoms with E-state index in [4.69, 9.17) is 10.00 Å². The number of halogens is 1. The van der Waals surface area contributed by atoms with Crippen LogP contribution in [0.25, 0.3) is 6.08 Å². The topological polar surface area (TPSA) is 82.4 Å². The minimum atomic E-state index is -0.438. The highest BCUT2D eigenvalue weighted by molar-refractivity contribution is 14.1. The number of ether oxygens (including phenoxy) is 1. The maximum Gasteiger partial charge on any atom is 0.328 e. The number of amides is 3. The number of imide groups is 1. The third-order valence-corrected chi connectivity index (χ3v) is 4.71. The van der Waals surface area contributed by atoms with E-state index in [9.17, 15) is 9.59 Å². The molecule has 0 atom stereocenters. The highest BCUT2D eigenvalue weighted by atomic mass is 127. The van der Waals surface area contributed by atoms with Gasteiger partial charge in [0, 0.05) is 12.6 Å². The van der Waals surface area contributed by atoms with Crippen molar-refractivity contribution in [3.8, 4) is 11.8 Å². The predicted octanol–water partition coefficient (Wildman–Crippen LogP) is 3.26. The van der Waals surface area contributed by atoms with Crippen molar-refractivity contribution in [3.63, 3.8) is 0 Å². The average molecular weight is 459 g/mol. The molecule has 2 aromatic rings. The highest BCUT2D eigenvalue weighted by Gasteiger charge is 2.29. The van der Waals surface area contributed by atoms with Crippen molar-refractivity contribution in [2.75, 3.05) is 7.05 Å². The molecule has 1 N–H and O–H groups in total. The van der Waals surface area contributed by atoms with Crippen LogP contribution in [-0.4, -0.2) is 23.9 Å². The number of hydrogen-bond donors (Lipinski definition) is 1. The Kier molecular flexibility index (Phi) is 5.23. The van der Waals surface area contributed by atoms with Crippen LogP contribution in [0.1, 0.15) is 16.7 Å². The first-order valence-electron chi connectivity index (χ1n) is 7.70. The molecule has 0 radical (unpaired) electrons. The number of likely N-dealkylation sites (N-methyl/N-ethyl adjacent to an activating group) is 1. The normalized spacial score (nSPS) is 15.1. The van der Waals surface area contributed by atoms with E-state index in [1.165, 1.54) is 7.05 Å². The summed E-state index contributed by atoms with van der Waals surface area (Å²) < 4.78 is 6.68. The summed E-state index contributed by atoms with van der Waals surface area (Å²) >= 11 is 2.14. The van der Waals surface area contributed by atoms with E-state index in [1.54, 1.807) is 24.3 Å². The fourth-order valence-corrected chi connectivity index (χ4v) is 3.12. The van der Waals surface area contributed by atoms with Crippen LogP contribution in [-0.2, 0) is 11.4 Å². The van der Waals surface area contributed by atoms with E-state index < -0.39 is 6.03 Å². The summed E-state index contributed by atoms with van der Waals surface area (Å²) in [6.45, 7) is 0.291. The molecule has 1 heterocycles. The van der Waals surface area contributed by atoms with Crippen molar-refractivity contribution >= 4 is 40.6 Å². The van der Waals surface area contributed by atoms with Gasteiger partial charge in [0.15, 0.2) is 0 Å². The van der Waals surface area contributed by atoms with E-state index in [-0.39, 0.29) is 11.6 Å². The second kappa shape index (κ2) is 7.58. The summed E-state index contributed by atoms with van der Waals surface area (Å²) in [7, 11) is 1.43. The van der Waals surface area contributed by atoms with Crippen molar-refractivity contribution in [2.24, 2.45) is 0 Å². The molecule has 0 aliphatic carbocycles. The average Bonchev–Trinajstić information content (AvgIpc) is 2.88. The number of carbonyl (C=O) groups is 2. The number of benzene rings is 2. The molecular formula is C19H14IN3O3. The smallest absolute Gasteiger partial charge is 0.328 e. The predicted molar refractivity (Wildman–Crippen MR) is 104 cm³/mol. The van der Waals surface area contributed by atoms with Crippen LogP contribution in [0, 0.1) is 14.9 Å². The van der Waals surface area contributed by atoms with Gasteiger partial charge in [-0.15, -0.1) is 0 Å². The van der Waals surface area contributed by atoms with Gasteiger partial charge in [0.05, 0.1) is 15.2 Å². The standard InChI is InChI=1S/C19H14IN3O3/c1-23-18(24)16(22-19(23)25)9-12-6-7-17(15(20)8-12)26-11-14-5-3-2-4-13(14)10-21/h2-9H,11H2,1H3,(H,22,25)/b16-9+. The van der Waals surface area contributed by atoms with E-state index in [1.807, 2.05) is 24.3 Å². The molecule has 0 unspecified atom stereocenters. The number of urea groups is 1. The molecule has 3 amide bonds. The van der Waals surface area contributed by atoms with E-state index >= 15 is 0 Å². The van der Waals surface area contributed by atoms with Gasteiger partial charge in [0.25, 0.3) is 5.91 Å². The molecule has 1 aliphatic rings. The molecule has 1 aliphatic heterocycles. The molecule has 0 bridgehead atoms. The lowest BCUT2D eigenvalue weighted by atomic mass is 10.1. The molecule has 1 fully saturated rings. The second-order valence-corrected chi connectivity index (χ2v) is 6.76. The SMILES string of the molecule is CN1C(=O)N/C(=C/c2ccc(OCc3ccccc3C#N)c(I)c2)C1=O. The largest absolute Gasteiger partial charge is 0.488 e. The summed E-state index contributed by atoms with van der Waals surface area (Å²) in [6, 6.07) is 14.5. The van der Waals surface area contributed by atoms with Crippen LogP contribution in [0.2, 0.25) is 0 Å². The van der Waals surface area contributed by atoms with Gasteiger partial charge >= 0.3 is 6.03 Å². The van der Waals surface area contributed by atoms with Crippen LogP contribution in [0.3, 0.4) is 0 Å². The first-order chi connectivity index (χ1) is 12.5. The number of rotatable bonds is 4. The fraction of sp³-hybridized carbons (Fsp3) is 0.105. The summed E-state index contributed by atoms with van der Waals surface area (Å²) in [4.78, 5) is 24.4. The van der Waals surface area contributed by atoms with Crippen LogP contribution < -0.4 is 10.1 Å². The number of hydrogen-bond acceptors (Lipinski definition) is 4. The van der Waals surface area contributed by atoms with E-state index in [0.29, 0.717) is 17.9 Å². The van der Waals surface area contributed by atoms with Gasteiger partial charge in [-0.1, -0.05) is 24.3 Å². The summed E-state index contributed by atoms with van der Waals surface area (Å²) in [5.74, 6) is 0.317. The summed E-state index contributed by atoms with van der Waals surface area (Å²) in [5.41, 5.74) is 2.42. The molecule has 1 saturated heterocycles. The minimum absolute atomic E-state index is 0.241. The quantitative estimate of drug-likeness (QED) is 0.433. The zero-order valence-electron chi connectivity index (χ0n) is 13.8. The maximum atomic E-state index is 11.9. The third-order valence-electron chi connectivity index (χ3n) is 3.87. The number of nitrogens with zero attached hydrogens (tertiary/aromatic N) is 2. The fourth-order valence-electron chi connectivity index (χ4n) is 2.42. The monoisotopic (exact) mass is 459 g/mol. The Morgan fingerprint density at radius 2 is 2.04 bits per heavy atom. The van der Waals surface area contributed by atoms with Crippen molar-refractivity contribution in [1.29, 1.82) is 5.26 Å². The zero-order valence-corrected chi connectivity index (χ0v) is 16.0. The van der Waals surface area contributed by atoms with Crippen molar-refractivity contribution in [1.82, 2.24) is 10.2 Å². The Balaban J connectivity index is 1.75.